The maximum absolute atomic E-state index is 11.7. The highest BCUT2D eigenvalue weighted by molar-refractivity contribution is 7.19. The summed E-state index contributed by atoms with van der Waals surface area (Å²) in [6.07, 6.45) is -0.223. The topological polar surface area (TPSA) is 108 Å². The Bertz CT molecular complexity index is 560. The van der Waals surface area contributed by atoms with Crippen molar-refractivity contribution in [2.45, 2.75) is 19.1 Å². The van der Waals surface area contributed by atoms with Crippen LogP contribution in [0.5, 0.6) is 0 Å². The van der Waals surface area contributed by atoms with E-state index >= 15 is 0 Å². The summed E-state index contributed by atoms with van der Waals surface area (Å²) in [7, 11) is 3.22. The number of primary amides is 1. The van der Waals surface area contributed by atoms with E-state index in [0.29, 0.717) is 23.0 Å². The van der Waals surface area contributed by atoms with Crippen molar-refractivity contribution in [1.82, 2.24) is 0 Å². The van der Waals surface area contributed by atoms with Gasteiger partial charge in [-0.2, -0.15) is 0 Å². The Kier molecular flexibility index (Phi) is 4.50. The Morgan fingerprint density at radius 2 is 1.76 bits per heavy atom. The number of Topliss-reactive ketones (excluding diaryl/α,β-unsaturated/α-hetero) is 1. The Balaban J connectivity index is 2.42. The number of methoxy groups -OCH3 is 2. The van der Waals surface area contributed by atoms with Gasteiger partial charge in [0.1, 0.15) is 17.2 Å². The molecule has 1 saturated heterocycles. The summed E-state index contributed by atoms with van der Waals surface area (Å²) in [4.78, 5) is 25.6. The predicted octanol–water partition coefficient (Wildman–Crippen LogP) is 0.482. The SMILES string of the molecule is COC1CN(c2sc(C(C)=O)c(N)c2C(N)=O)CC1OC. The molecule has 1 amide bonds. The molecule has 1 aliphatic rings. The van der Waals surface area contributed by atoms with E-state index in [-0.39, 0.29) is 29.2 Å². The highest BCUT2D eigenvalue weighted by Gasteiger charge is 2.36. The second kappa shape index (κ2) is 6.00. The summed E-state index contributed by atoms with van der Waals surface area (Å²) in [6.45, 7) is 2.51. The summed E-state index contributed by atoms with van der Waals surface area (Å²) in [5.41, 5.74) is 11.7. The predicted molar refractivity (Wildman–Crippen MR) is 81.1 cm³/mol. The lowest BCUT2D eigenvalue weighted by atomic mass is 10.2. The van der Waals surface area contributed by atoms with Crippen LogP contribution in [-0.4, -0.2) is 51.2 Å². The van der Waals surface area contributed by atoms with Crippen LogP contribution in [0.4, 0.5) is 10.7 Å². The first-order chi connectivity index (χ1) is 9.90. The second-order valence-corrected chi connectivity index (χ2v) is 5.90. The first-order valence-electron chi connectivity index (χ1n) is 6.44. The van der Waals surface area contributed by atoms with Gasteiger partial charge in [-0.1, -0.05) is 0 Å². The van der Waals surface area contributed by atoms with Crippen LogP contribution in [0.25, 0.3) is 0 Å². The first-order valence-corrected chi connectivity index (χ1v) is 7.25. The number of amides is 1. The maximum atomic E-state index is 11.7. The van der Waals surface area contributed by atoms with Gasteiger partial charge in [0.15, 0.2) is 5.78 Å². The molecule has 0 aromatic carbocycles. The number of rotatable bonds is 5. The molecule has 8 heteroatoms. The molecule has 7 nitrogen and oxygen atoms in total. The van der Waals surface area contributed by atoms with Crippen LogP contribution in [0.15, 0.2) is 0 Å². The van der Waals surface area contributed by atoms with Crippen LogP contribution < -0.4 is 16.4 Å². The van der Waals surface area contributed by atoms with Crippen molar-refractivity contribution < 1.29 is 19.1 Å². The van der Waals surface area contributed by atoms with Gasteiger partial charge in [-0.25, -0.2) is 0 Å². The van der Waals surface area contributed by atoms with Crippen molar-refractivity contribution in [3.05, 3.63) is 10.4 Å². The van der Waals surface area contributed by atoms with Gasteiger partial charge in [0.25, 0.3) is 5.91 Å². The summed E-state index contributed by atoms with van der Waals surface area (Å²) in [5, 5.41) is 0.604. The first kappa shape index (κ1) is 15.7. The fourth-order valence-corrected chi connectivity index (χ4v) is 3.66. The van der Waals surface area contributed by atoms with E-state index in [4.69, 9.17) is 20.9 Å². The van der Waals surface area contributed by atoms with Crippen LogP contribution in [-0.2, 0) is 9.47 Å². The number of ketones is 1. The molecule has 116 valence electrons. The number of hydrogen-bond acceptors (Lipinski definition) is 7. The quantitative estimate of drug-likeness (QED) is 0.766. The van der Waals surface area contributed by atoms with Crippen LogP contribution >= 0.6 is 11.3 Å². The summed E-state index contributed by atoms with van der Waals surface area (Å²) in [6, 6.07) is 0. The number of anilines is 2. The third-order valence-corrected chi connectivity index (χ3v) is 4.97. The Hall–Kier alpha value is -1.64. The fraction of sp³-hybridized carbons (Fsp3) is 0.538. The number of thiophene rings is 1. The molecular weight excluding hydrogens is 294 g/mol. The Morgan fingerprint density at radius 1 is 1.24 bits per heavy atom. The highest BCUT2D eigenvalue weighted by Crippen LogP contribution is 2.40. The van der Waals surface area contributed by atoms with Gasteiger partial charge in [-0.15, -0.1) is 11.3 Å². The molecule has 1 fully saturated rings. The van der Waals surface area contributed by atoms with Gasteiger partial charge < -0.3 is 25.8 Å². The van der Waals surface area contributed by atoms with Crippen LogP contribution in [0, 0.1) is 0 Å². The molecule has 0 radical (unpaired) electrons. The van der Waals surface area contributed by atoms with Crippen LogP contribution in [0.2, 0.25) is 0 Å². The molecule has 1 aromatic rings. The van der Waals surface area contributed by atoms with Gasteiger partial charge in [0.2, 0.25) is 0 Å². The second-order valence-electron chi connectivity index (χ2n) is 4.90. The van der Waals surface area contributed by atoms with Gasteiger partial charge in [0.05, 0.1) is 16.1 Å². The zero-order chi connectivity index (χ0) is 15.7. The number of carbonyl (C=O) groups is 2. The van der Waals surface area contributed by atoms with Gasteiger partial charge in [-0.05, 0) is 0 Å². The largest absolute Gasteiger partial charge is 0.397 e. The van der Waals surface area contributed by atoms with E-state index in [2.05, 4.69) is 0 Å². The average Bonchev–Trinajstić information content (AvgIpc) is 2.98. The standard InChI is InChI=1S/C13H19N3O4S/c1-6(17)11-10(14)9(12(15)18)13(21-11)16-4-7(19-2)8(5-16)20-3/h7-8H,4-5,14H2,1-3H3,(H2,15,18). The van der Waals surface area contributed by atoms with E-state index in [0.717, 1.165) is 0 Å². The zero-order valence-corrected chi connectivity index (χ0v) is 13.0. The van der Waals surface area contributed by atoms with E-state index in [1.54, 1.807) is 14.2 Å². The van der Waals surface area contributed by atoms with E-state index in [1.165, 1.54) is 18.3 Å². The third-order valence-electron chi connectivity index (χ3n) is 3.60. The van der Waals surface area contributed by atoms with Crippen molar-refractivity contribution in [2.75, 3.05) is 37.9 Å². The molecule has 4 N–H and O–H groups in total. The maximum Gasteiger partial charge on any atom is 0.253 e. The molecular formula is C13H19N3O4S. The van der Waals surface area contributed by atoms with Crippen molar-refractivity contribution >= 4 is 33.7 Å². The number of nitrogens with zero attached hydrogens (tertiary/aromatic N) is 1. The number of ether oxygens (including phenoxy) is 2. The van der Waals surface area contributed by atoms with Crippen LogP contribution in [0.1, 0.15) is 27.0 Å². The molecule has 2 rings (SSSR count). The van der Waals surface area contributed by atoms with Gasteiger partial charge >= 0.3 is 0 Å². The molecule has 21 heavy (non-hydrogen) atoms. The van der Waals surface area contributed by atoms with Crippen molar-refractivity contribution in [1.29, 1.82) is 0 Å². The lowest BCUT2D eigenvalue weighted by Gasteiger charge is -2.17. The fourth-order valence-electron chi connectivity index (χ4n) is 2.52. The molecule has 0 spiro atoms. The van der Waals surface area contributed by atoms with Gasteiger partial charge in [0, 0.05) is 34.2 Å². The average molecular weight is 313 g/mol. The zero-order valence-electron chi connectivity index (χ0n) is 12.2. The van der Waals surface area contributed by atoms with Crippen molar-refractivity contribution in [2.24, 2.45) is 5.73 Å². The monoisotopic (exact) mass is 313 g/mol. The molecule has 2 atom stereocenters. The summed E-state index contributed by atoms with van der Waals surface area (Å²) >= 11 is 1.18. The number of hydrogen-bond donors (Lipinski definition) is 2. The van der Waals surface area contributed by atoms with E-state index in [1.807, 2.05) is 4.90 Å². The molecule has 0 bridgehead atoms. The normalized spacial score (nSPS) is 21.8. The minimum absolute atomic E-state index is 0.111. The third kappa shape index (κ3) is 2.74. The van der Waals surface area contributed by atoms with Crippen molar-refractivity contribution in [3.8, 4) is 0 Å². The minimum atomic E-state index is -0.638. The van der Waals surface area contributed by atoms with E-state index in [9.17, 15) is 9.59 Å². The molecule has 2 unspecified atom stereocenters. The number of carbonyl (C=O) groups excluding carboxylic acids is 2. The summed E-state index contributed by atoms with van der Waals surface area (Å²) in [5.74, 6) is -0.821. The Morgan fingerprint density at radius 3 is 2.14 bits per heavy atom. The number of nitrogens with two attached hydrogens (primary N) is 2. The molecule has 0 aliphatic carbocycles. The van der Waals surface area contributed by atoms with E-state index < -0.39 is 5.91 Å². The molecule has 1 aromatic heterocycles. The van der Waals surface area contributed by atoms with Gasteiger partial charge in [-0.3, -0.25) is 9.59 Å². The lowest BCUT2D eigenvalue weighted by Crippen LogP contribution is -2.27. The summed E-state index contributed by atoms with van der Waals surface area (Å²) < 4.78 is 10.7. The number of nitrogen functional groups attached to an aromatic ring is 1. The molecule has 2 heterocycles. The minimum Gasteiger partial charge on any atom is -0.397 e. The Labute approximate surface area is 126 Å². The lowest BCUT2D eigenvalue weighted by molar-refractivity contribution is -0.00461. The smallest absolute Gasteiger partial charge is 0.253 e. The highest BCUT2D eigenvalue weighted by atomic mass is 32.1. The molecule has 0 saturated carbocycles. The van der Waals surface area contributed by atoms with Crippen LogP contribution in [0.3, 0.4) is 0 Å². The molecule has 1 aliphatic heterocycles. The van der Waals surface area contributed by atoms with Crippen molar-refractivity contribution in [3.63, 3.8) is 0 Å².